The second-order valence-electron chi connectivity index (χ2n) is 5.56. The van der Waals surface area contributed by atoms with Crippen molar-refractivity contribution in [1.29, 1.82) is 0 Å². The van der Waals surface area contributed by atoms with Crippen molar-refractivity contribution in [3.8, 4) is 11.3 Å². The minimum atomic E-state index is 0.963. The highest BCUT2D eigenvalue weighted by Gasteiger charge is 2.21. The zero-order valence-corrected chi connectivity index (χ0v) is 12.2. The van der Waals surface area contributed by atoms with Crippen LogP contribution in [0, 0.1) is 0 Å². The fourth-order valence-corrected chi connectivity index (χ4v) is 2.99. The van der Waals surface area contributed by atoms with Gasteiger partial charge < -0.3 is 9.73 Å². The van der Waals surface area contributed by atoms with Gasteiger partial charge in [0.15, 0.2) is 0 Å². The Bertz CT molecular complexity index is 556. The Morgan fingerprint density at radius 1 is 1.20 bits per heavy atom. The molecule has 0 saturated heterocycles. The third kappa shape index (κ3) is 2.66. The van der Waals surface area contributed by atoms with Gasteiger partial charge in [-0.3, -0.25) is 0 Å². The zero-order valence-electron chi connectivity index (χ0n) is 12.2. The van der Waals surface area contributed by atoms with E-state index in [1.807, 2.05) is 0 Å². The molecule has 0 unspecified atom stereocenters. The molecule has 0 saturated carbocycles. The molecule has 2 heterocycles. The Kier molecular flexibility index (Phi) is 4.22. The molecule has 0 amide bonds. The first-order valence-electron chi connectivity index (χ1n) is 7.79. The standard InChI is InChI=1S/C18H23NO/c1-2-3-10-15-16-13-19-12-7-11-17(16)20-18(15)14-8-5-4-6-9-14/h4-6,8-9,19H,2-3,7,10-13H2,1H3. The minimum Gasteiger partial charge on any atom is -0.460 e. The van der Waals surface area contributed by atoms with Crippen LogP contribution in [-0.4, -0.2) is 6.54 Å². The molecule has 1 N–H and O–H groups in total. The predicted octanol–water partition coefficient (Wildman–Crippen LogP) is 4.33. The molecule has 3 rings (SSSR count). The summed E-state index contributed by atoms with van der Waals surface area (Å²) < 4.78 is 6.26. The van der Waals surface area contributed by atoms with Crippen LogP contribution in [0.2, 0.25) is 0 Å². The number of nitrogens with one attached hydrogen (secondary N) is 1. The summed E-state index contributed by atoms with van der Waals surface area (Å²) in [5.41, 5.74) is 4.07. The highest BCUT2D eigenvalue weighted by atomic mass is 16.3. The lowest BCUT2D eigenvalue weighted by Gasteiger charge is -2.06. The summed E-state index contributed by atoms with van der Waals surface area (Å²) in [5.74, 6) is 2.31. The van der Waals surface area contributed by atoms with Gasteiger partial charge in [-0.1, -0.05) is 43.7 Å². The van der Waals surface area contributed by atoms with E-state index < -0.39 is 0 Å². The Labute approximate surface area is 121 Å². The topological polar surface area (TPSA) is 25.2 Å². The molecule has 1 aliphatic rings. The van der Waals surface area contributed by atoms with Crippen molar-refractivity contribution in [3.63, 3.8) is 0 Å². The summed E-state index contributed by atoms with van der Waals surface area (Å²) in [6, 6.07) is 10.5. The molecule has 2 heteroatoms. The molecule has 20 heavy (non-hydrogen) atoms. The molecular formula is C18H23NO. The molecule has 1 aliphatic heterocycles. The van der Waals surface area contributed by atoms with Crippen LogP contribution in [0.1, 0.15) is 43.1 Å². The minimum absolute atomic E-state index is 0.963. The number of furan rings is 1. The number of fused-ring (bicyclic) bond motifs is 1. The molecule has 2 nitrogen and oxygen atoms in total. The van der Waals surface area contributed by atoms with E-state index in [4.69, 9.17) is 4.42 Å². The van der Waals surface area contributed by atoms with E-state index >= 15 is 0 Å². The molecule has 0 aliphatic carbocycles. The number of aryl methyl sites for hydroxylation is 1. The number of unbranched alkanes of at least 4 members (excludes halogenated alkanes) is 1. The van der Waals surface area contributed by atoms with E-state index in [2.05, 4.69) is 42.6 Å². The molecule has 1 aromatic carbocycles. The van der Waals surface area contributed by atoms with Crippen LogP contribution in [0.15, 0.2) is 34.7 Å². The van der Waals surface area contributed by atoms with Gasteiger partial charge in [-0.05, 0) is 25.8 Å². The van der Waals surface area contributed by atoms with Gasteiger partial charge >= 0.3 is 0 Å². The number of hydrogen-bond acceptors (Lipinski definition) is 2. The summed E-state index contributed by atoms with van der Waals surface area (Å²) in [7, 11) is 0. The van der Waals surface area contributed by atoms with E-state index in [0.29, 0.717) is 0 Å². The highest BCUT2D eigenvalue weighted by Crippen LogP contribution is 2.34. The van der Waals surface area contributed by atoms with Crippen LogP contribution in [0.25, 0.3) is 11.3 Å². The van der Waals surface area contributed by atoms with Crippen molar-refractivity contribution in [3.05, 3.63) is 47.2 Å². The van der Waals surface area contributed by atoms with Crippen LogP contribution < -0.4 is 5.32 Å². The monoisotopic (exact) mass is 269 g/mol. The third-order valence-corrected chi connectivity index (χ3v) is 4.08. The number of hydrogen-bond donors (Lipinski definition) is 1. The lowest BCUT2D eigenvalue weighted by Crippen LogP contribution is -2.13. The molecule has 2 aromatic rings. The Balaban J connectivity index is 2.04. The molecule has 106 valence electrons. The van der Waals surface area contributed by atoms with E-state index in [1.54, 1.807) is 0 Å². The summed E-state index contributed by atoms with van der Waals surface area (Å²) in [4.78, 5) is 0. The summed E-state index contributed by atoms with van der Waals surface area (Å²) >= 11 is 0. The van der Waals surface area contributed by atoms with Crippen LogP contribution in [0.5, 0.6) is 0 Å². The van der Waals surface area contributed by atoms with Gasteiger partial charge in [-0.2, -0.15) is 0 Å². The van der Waals surface area contributed by atoms with Gasteiger partial charge in [0.1, 0.15) is 11.5 Å². The van der Waals surface area contributed by atoms with Crippen LogP contribution in [0.3, 0.4) is 0 Å². The van der Waals surface area contributed by atoms with Crippen molar-refractivity contribution in [2.75, 3.05) is 6.54 Å². The summed E-state index contributed by atoms with van der Waals surface area (Å²) in [5, 5.41) is 3.53. The van der Waals surface area contributed by atoms with Crippen LogP contribution >= 0.6 is 0 Å². The maximum atomic E-state index is 6.26. The van der Waals surface area contributed by atoms with Gasteiger partial charge in [-0.15, -0.1) is 0 Å². The van der Waals surface area contributed by atoms with Gasteiger partial charge in [0.05, 0.1) is 0 Å². The van der Waals surface area contributed by atoms with Gasteiger partial charge in [0.25, 0.3) is 0 Å². The maximum absolute atomic E-state index is 6.26. The predicted molar refractivity (Wildman–Crippen MR) is 82.8 cm³/mol. The van der Waals surface area contributed by atoms with Gasteiger partial charge in [-0.25, -0.2) is 0 Å². The second kappa shape index (κ2) is 6.27. The first-order chi connectivity index (χ1) is 9.90. The van der Waals surface area contributed by atoms with Crippen molar-refractivity contribution >= 4 is 0 Å². The summed E-state index contributed by atoms with van der Waals surface area (Å²) in [6.45, 7) is 4.31. The quantitative estimate of drug-likeness (QED) is 0.894. The Morgan fingerprint density at radius 3 is 2.85 bits per heavy atom. The van der Waals surface area contributed by atoms with Crippen molar-refractivity contribution < 1.29 is 4.42 Å². The maximum Gasteiger partial charge on any atom is 0.137 e. The fourth-order valence-electron chi connectivity index (χ4n) is 2.99. The van der Waals surface area contributed by atoms with Crippen molar-refractivity contribution in [2.45, 2.75) is 45.6 Å². The fraction of sp³-hybridized carbons (Fsp3) is 0.444. The molecule has 0 radical (unpaired) electrons. The third-order valence-electron chi connectivity index (χ3n) is 4.08. The normalized spacial score (nSPS) is 14.8. The van der Waals surface area contributed by atoms with Gasteiger partial charge in [0.2, 0.25) is 0 Å². The number of benzene rings is 1. The van der Waals surface area contributed by atoms with E-state index in [0.717, 1.165) is 31.7 Å². The molecule has 0 atom stereocenters. The van der Waals surface area contributed by atoms with Crippen molar-refractivity contribution in [2.24, 2.45) is 0 Å². The second-order valence-corrected chi connectivity index (χ2v) is 5.56. The molecule has 0 bridgehead atoms. The van der Waals surface area contributed by atoms with E-state index in [-0.39, 0.29) is 0 Å². The molecule has 0 fully saturated rings. The summed E-state index contributed by atoms with van der Waals surface area (Å²) in [6.07, 6.45) is 5.81. The van der Waals surface area contributed by atoms with Gasteiger partial charge in [0, 0.05) is 29.7 Å². The zero-order chi connectivity index (χ0) is 13.8. The molecular weight excluding hydrogens is 246 g/mol. The van der Waals surface area contributed by atoms with E-state index in [9.17, 15) is 0 Å². The smallest absolute Gasteiger partial charge is 0.137 e. The molecule has 0 spiro atoms. The number of rotatable bonds is 4. The largest absolute Gasteiger partial charge is 0.460 e. The highest BCUT2D eigenvalue weighted by molar-refractivity contribution is 5.64. The first kappa shape index (κ1) is 13.4. The van der Waals surface area contributed by atoms with Crippen LogP contribution in [0.4, 0.5) is 0 Å². The average molecular weight is 269 g/mol. The van der Waals surface area contributed by atoms with Crippen molar-refractivity contribution in [1.82, 2.24) is 5.32 Å². The molecule has 1 aromatic heterocycles. The average Bonchev–Trinajstić information content (AvgIpc) is 2.68. The Morgan fingerprint density at radius 2 is 2.05 bits per heavy atom. The lowest BCUT2D eigenvalue weighted by atomic mass is 9.98. The first-order valence-corrected chi connectivity index (χ1v) is 7.79. The van der Waals surface area contributed by atoms with E-state index in [1.165, 1.54) is 41.7 Å². The van der Waals surface area contributed by atoms with Crippen LogP contribution in [-0.2, 0) is 19.4 Å². The SMILES string of the molecule is CCCCc1c(-c2ccccc2)oc2c1CNCCC2. The lowest BCUT2D eigenvalue weighted by molar-refractivity contribution is 0.514. The Hall–Kier alpha value is -1.54.